The highest BCUT2D eigenvalue weighted by atomic mass is 127. The van der Waals surface area contributed by atoms with Gasteiger partial charge in [-0.1, -0.05) is 44.2 Å². The fourth-order valence-electron chi connectivity index (χ4n) is 3.00. The van der Waals surface area contributed by atoms with Crippen LogP contribution in [0.25, 0.3) is 0 Å². The van der Waals surface area contributed by atoms with Crippen molar-refractivity contribution in [1.29, 1.82) is 0 Å². The van der Waals surface area contributed by atoms with Gasteiger partial charge in [0.1, 0.15) is 0 Å². The van der Waals surface area contributed by atoms with Crippen molar-refractivity contribution in [2.24, 2.45) is 16.8 Å². The van der Waals surface area contributed by atoms with Crippen molar-refractivity contribution in [3.05, 3.63) is 35.9 Å². The van der Waals surface area contributed by atoms with Crippen LogP contribution in [0.5, 0.6) is 0 Å². The van der Waals surface area contributed by atoms with Crippen LogP contribution in [0.4, 0.5) is 0 Å². The molecule has 0 bridgehead atoms. The smallest absolute Gasteiger partial charge is 0.191 e. The summed E-state index contributed by atoms with van der Waals surface area (Å²) in [5, 5.41) is 15.9. The molecular formula is C22H40IN3O2. The summed E-state index contributed by atoms with van der Waals surface area (Å²) >= 11 is 0. The third kappa shape index (κ3) is 14.2. The second kappa shape index (κ2) is 18.2. The number of unbranched alkanes of at least 4 members (excludes halogenated alkanes) is 1. The molecule has 6 heteroatoms. The van der Waals surface area contributed by atoms with E-state index in [1.807, 2.05) is 18.2 Å². The van der Waals surface area contributed by atoms with Gasteiger partial charge in [0, 0.05) is 32.8 Å². The van der Waals surface area contributed by atoms with Crippen molar-refractivity contribution >= 4 is 29.9 Å². The Kier molecular flexibility index (Phi) is 17.6. The first-order valence-corrected chi connectivity index (χ1v) is 10.4. The summed E-state index contributed by atoms with van der Waals surface area (Å²) in [7, 11) is 0. The number of nitrogens with one attached hydrogen (secondary N) is 2. The number of nitrogens with zero attached hydrogens (tertiary/aromatic N) is 1. The zero-order valence-electron chi connectivity index (χ0n) is 17.8. The number of hydrogen-bond acceptors (Lipinski definition) is 3. The normalized spacial score (nSPS) is 12.5. The number of ether oxygens (including phenoxy) is 1. The standard InChI is InChI=1S/C22H39N3O2.HI/c1-4-23-22(25-17-21(12-14-26)16-19(2)3)24-13-8-9-15-27-18-20-10-6-5-7-11-20;/h5-7,10-11,19,21,26H,4,8-9,12-18H2,1-3H3,(H2,23,24,25);1H. The maximum absolute atomic E-state index is 9.24. The molecule has 0 aliphatic rings. The molecule has 0 spiro atoms. The van der Waals surface area contributed by atoms with Gasteiger partial charge in [-0.2, -0.15) is 0 Å². The lowest BCUT2D eigenvalue weighted by atomic mass is 9.94. The maximum atomic E-state index is 9.24. The number of benzene rings is 1. The summed E-state index contributed by atoms with van der Waals surface area (Å²) in [6, 6.07) is 10.3. The van der Waals surface area contributed by atoms with Crippen LogP contribution in [0.15, 0.2) is 35.3 Å². The van der Waals surface area contributed by atoms with Crippen molar-refractivity contribution in [3.63, 3.8) is 0 Å². The molecule has 0 saturated carbocycles. The maximum Gasteiger partial charge on any atom is 0.191 e. The molecule has 1 rings (SSSR count). The van der Waals surface area contributed by atoms with Gasteiger partial charge in [-0.15, -0.1) is 24.0 Å². The summed E-state index contributed by atoms with van der Waals surface area (Å²) in [6.07, 6.45) is 3.99. The van der Waals surface area contributed by atoms with Gasteiger partial charge in [0.25, 0.3) is 0 Å². The number of rotatable bonds is 14. The predicted molar refractivity (Wildman–Crippen MR) is 129 cm³/mol. The van der Waals surface area contributed by atoms with E-state index in [9.17, 15) is 5.11 Å². The van der Waals surface area contributed by atoms with Gasteiger partial charge in [-0.25, -0.2) is 0 Å². The van der Waals surface area contributed by atoms with Crippen molar-refractivity contribution in [2.75, 3.05) is 32.8 Å². The third-order valence-corrected chi connectivity index (χ3v) is 4.31. The molecule has 0 radical (unpaired) electrons. The van der Waals surface area contributed by atoms with E-state index in [2.05, 4.69) is 43.5 Å². The van der Waals surface area contributed by atoms with Crippen LogP contribution in [-0.4, -0.2) is 43.9 Å². The molecule has 3 N–H and O–H groups in total. The second-order valence-corrected chi connectivity index (χ2v) is 7.40. The minimum Gasteiger partial charge on any atom is -0.396 e. The van der Waals surface area contributed by atoms with Crippen LogP contribution in [0, 0.1) is 11.8 Å². The summed E-state index contributed by atoms with van der Waals surface area (Å²) in [6.45, 7) is 10.7. The summed E-state index contributed by atoms with van der Waals surface area (Å²) in [4.78, 5) is 4.71. The van der Waals surface area contributed by atoms with E-state index in [-0.39, 0.29) is 30.6 Å². The van der Waals surface area contributed by atoms with Gasteiger partial charge in [-0.05, 0) is 50.0 Å². The summed E-state index contributed by atoms with van der Waals surface area (Å²) in [5.74, 6) is 1.94. The molecule has 0 aliphatic heterocycles. The lowest BCUT2D eigenvalue weighted by Gasteiger charge is -2.17. The van der Waals surface area contributed by atoms with E-state index in [1.165, 1.54) is 5.56 Å². The molecule has 0 aromatic heterocycles. The van der Waals surface area contributed by atoms with E-state index in [4.69, 9.17) is 9.73 Å². The van der Waals surface area contributed by atoms with Gasteiger partial charge >= 0.3 is 0 Å². The van der Waals surface area contributed by atoms with Gasteiger partial charge in [0.2, 0.25) is 0 Å². The van der Waals surface area contributed by atoms with Crippen LogP contribution in [0.2, 0.25) is 0 Å². The van der Waals surface area contributed by atoms with E-state index in [0.717, 1.165) is 57.9 Å². The first-order chi connectivity index (χ1) is 13.2. The van der Waals surface area contributed by atoms with Crippen molar-refractivity contribution in [1.82, 2.24) is 10.6 Å². The Balaban J connectivity index is 0.00000729. The molecular weight excluding hydrogens is 465 g/mol. The van der Waals surface area contributed by atoms with Gasteiger partial charge in [-0.3, -0.25) is 4.99 Å². The highest BCUT2D eigenvalue weighted by Gasteiger charge is 2.10. The van der Waals surface area contributed by atoms with Gasteiger partial charge in [0.05, 0.1) is 6.61 Å². The van der Waals surface area contributed by atoms with Crippen LogP contribution in [0.1, 0.15) is 52.0 Å². The number of guanidine groups is 1. The average Bonchev–Trinajstić information content (AvgIpc) is 2.65. The molecule has 0 saturated heterocycles. The SMILES string of the molecule is CCNC(=NCC(CCO)CC(C)C)NCCCCOCc1ccccc1.I. The first kappa shape index (κ1) is 27.1. The molecule has 162 valence electrons. The number of hydrogen-bond donors (Lipinski definition) is 3. The largest absolute Gasteiger partial charge is 0.396 e. The Labute approximate surface area is 188 Å². The van der Waals surface area contributed by atoms with Crippen molar-refractivity contribution in [3.8, 4) is 0 Å². The molecule has 0 amide bonds. The van der Waals surface area contributed by atoms with Crippen molar-refractivity contribution < 1.29 is 9.84 Å². The highest BCUT2D eigenvalue weighted by molar-refractivity contribution is 14.0. The molecule has 1 aromatic rings. The average molecular weight is 505 g/mol. The topological polar surface area (TPSA) is 65.9 Å². The Hall–Kier alpha value is -0.860. The molecule has 0 fully saturated rings. The van der Waals surface area contributed by atoms with Crippen LogP contribution in [0.3, 0.4) is 0 Å². The molecule has 1 aromatic carbocycles. The Morgan fingerprint density at radius 3 is 2.54 bits per heavy atom. The molecule has 0 aliphatic carbocycles. The molecule has 5 nitrogen and oxygen atoms in total. The minimum absolute atomic E-state index is 0. The molecule has 0 heterocycles. The highest BCUT2D eigenvalue weighted by Crippen LogP contribution is 2.15. The molecule has 1 unspecified atom stereocenters. The summed E-state index contributed by atoms with van der Waals surface area (Å²) < 4.78 is 5.72. The van der Waals surface area contributed by atoms with E-state index >= 15 is 0 Å². The number of aliphatic hydroxyl groups excluding tert-OH is 1. The fraction of sp³-hybridized carbons (Fsp3) is 0.682. The van der Waals surface area contributed by atoms with Crippen molar-refractivity contribution in [2.45, 2.75) is 53.1 Å². The van der Waals surface area contributed by atoms with E-state index < -0.39 is 0 Å². The third-order valence-electron chi connectivity index (χ3n) is 4.31. The van der Waals surface area contributed by atoms with Gasteiger partial charge < -0.3 is 20.5 Å². The number of halogens is 1. The quantitative estimate of drug-likeness (QED) is 0.154. The van der Waals surface area contributed by atoms with E-state index in [1.54, 1.807) is 0 Å². The molecule has 28 heavy (non-hydrogen) atoms. The monoisotopic (exact) mass is 505 g/mol. The Morgan fingerprint density at radius 2 is 1.89 bits per heavy atom. The van der Waals surface area contributed by atoms with Gasteiger partial charge in [0.15, 0.2) is 5.96 Å². The minimum atomic E-state index is 0. The van der Waals surface area contributed by atoms with E-state index in [0.29, 0.717) is 18.4 Å². The van der Waals surface area contributed by atoms with Crippen LogP contribution in [-0.2, 0) is 11.3 Å². The lowest BCUT2D eigenvalue weighted by molar-refractivity contribution is 0.117. The number of aliphatic imine (C=N–C) groups is 1. The van der Waals surface area contributed by atoms with Crippen LogP contribution < -0.4 is 10.6 Å². The lowest BCUT2D eigenvalue weighted by Crippen LogP contribution is -2.38. The van der Waals surface area contributed by atoms with Crippen LogP contribution >= 0.6 is 24.0 Å². The zero-order valence-corrected chi connectivity index (χ0v) is 20.2. The summed E-state index contributed by atoms with van der Waals surface area (Å²) in [5.41, 5.74) is 1.22. The Bertz CT molecular complexity index is 498. The Morgan fingerprint density at radius 1 is 1.14 bits per heavy atom. The fourth-order valence-corrected chi connectivity index (χ4v) is 3.00. The number of aliphatic hydroxyl groups is 1. The predicted octanol–water partition coefficient (Wildman–Crippen LogP) is 4.20. The first-order valence-electron chi connectivity index (χ1n) is 10.4. The zero-order chi connectivity index (χ0) is 19.7. The second-order valence-electron chi connectivity index (χ2n) is 7.40. The molecule has 1 atom stereocenters.